The molecule has 1 aliphatic rings. The highest BCUT2D eigenvalue weighted by Crippen LogP contribution is 2.19. The van der Waals surface area contributed by atoms with Gasteiger partial charge in [-0.2, -0.15) is 0 Å². The summed E-state index contributed by atoms with van der Waals surface area (Å²) in [5.74, 6) is -0.649. The van der Waals surface area contributed by atoms with Crippen molar-refractivity contribution in [3.05, 3.63) is 71.5 Å². The van der Waals surface area contributed by atoms with Gasteiger partial charge in [0.25, 0.3) is 0 Å². The maximum Gasteiger partial charge on any atom is 0.225 e. The Bertz CT molecular complexity index is 731. The smallest absolute Gasteiger partial charge is 0.225 e. The lowest BCUT2D eigenvalue weighted by Gasteiger charge is -2.16. The Morgan fingerprint density at radius 3 is 2.52 bits per heavy atom. The molecular formula is C20H21FN2O2. The first kappa shape index (κ1) is 17.1. The van der Waals surface area contributed by atoms with Crippen molar-refractivity contribution in [3.8, 4) is 0 Å². The van der Waals surface area contributed by atoms with E-state index in [1.165, 1.54) is 12.1 Å². The number of carbonyl (C=O) groups excluding carboxylic acids is 2. The van der Waals surface area contributed by atoms with E-state index in [4.69, 9.17) is 0 Å². The average Bonchev–Trinajstić information content (AvgIpc) is 3.01. The standard InChI is InChI=1S/C20H21FN2O2/c21-18-8-6-15(7-9-18)10-11-23-14-17(12-19(23)24)20(25)22-13-16-4-2-1-3-5-16/h1-9,17H,10-14H2,(H,22,25)/t17-/m1/s1. The van der Waals surface area contributed by atoms with E-state index in [2.05, 4.69) is 5.32 Å². The third kappa shape index (κ3) is 4.66. The molecule has 2 aromatic rings. The van der Waals surface area contributed by atoms with Gasteiger partial charge in [0.1, 0.15) is 5.82 Å². The molecule has 0 saturated carbocycles. The van der Waals surface area contributed by atoms with Crippen molar-refractivity contribution in [2.75, 3.05) is 13.1 Å². The number of nitrogens with zero attached hydrogens (tertiary/aromatic N) is 1. The molecular weight excluding hydrogens is 319 g/mol. The van der Waals surface area contributed by atoms with Gasteiger partial charge in [-0.15, -0.1) is 0 Å². The Morgan fingerprint density at radius 1 is 1.08 bits per heavy atom. The van der Waals surface area contributed by atoms with Crippen LogP contribution in [0.4, 0.5) is 4.39 Å². The zero-order valence-corrected chi connectivity index (χ0v) is 14.0. The summed E-state index contributed by atoms with van der Waals surface area (Å²) in [5.41, 5.74) is 2.01. The van der Waals surface area contributed by atoms with Crippen LogP contribution in [-0.4, -0.2) is 29.8 Å². The summed E-state index contributed by atoms with van der Waals surface area (Å²) in [5, 5.41) is 2.90. The first-order chi connectivity index (χ1) is 12.1. The molecule has 0 radical (unpaired) electrons. The van der Waals surface area contributed by atoms with Gasteiger partial charge in [0.2, 0.25) is 11.8 Å². The summed E-state index contributed by atoms with van der Waals surface area (Å²) in [6, 6.07) is 16.0. The van der Waals surface area contributed by atoms with Crippen LogP contribution in [0.2, 0.25) is 0 Å². The number of halogens is 1. The van der Waals surface area contributed by atoms with Crippen LogP contribution in [0.3, 0.4) is 0 Å². The Balaban J connectivity index is 1.48. The van der Waals surface area contributed by atoms with Crippen LogP contribution in [0, 0.1) is 11.7 Å². The highest BCUT2D eigenvalue weighted by molar-refractivity contribution is 5.89. The molecule has 25 heavy (non-hydrogen) atoms. The van der Waals surface area contributed by atoms with Crippen molar-refractivity contribution in [1.29, 1.82) is 0 Å². The second-order valence-corrected chi connectivity index (χ2v) is 6.32. The third-order valence-electron chi connectivity index (χ3n) is 4.48. The molecule has 130 valence electrons. The van der Waals surface area contributed by atoms with Crippen molar-refractivity contribution < 1.29 is 14.0 Å². The van der Waals surface area contributed by atoms with E-state index in [0.29, 0.717) is 26.1 Å². The van der Waals surface area contributed by atoms with Gasteiger partial charge < -0.3 is 10.2 Å². The number of hydrogen-bond donors (Lipinski definition) is 1. The molecule has 1 N–H and O–H groups in total. The molecule has 1 atom stereocenters. The molecule has 5 heteroatoms. The second kappa shape index (κ2) is 7.92. The molecule has 2 amide bonds. The molecule has 3 rings (SSSR count). The van der Waals surface area contributed by atoms with Gasteiger partial charge in [0.15, 0.2) is 0 Å². The van der Waals surface area contributed by atoms with Crippen LogP contribution in [0.15, 0.2) is 54.6 Å². The van der Waals surface area contributed by atoms with Gasteiger partial charge in [-0.1, -0.05) is 42.5 Å². The zero-order chi connectivity index (χ0) is 17.6. The summed E-state index contributed by atoms with van der Waals surface area (Å²) in [7, 11) is 0. The van der Waals surface area contributed by atoms with E-state index in [-0.39, 0.29) is 30.0 Å². The lowest BCUT2D eigenvalue weighted by Crippen LogP contribution is -2.33. The number of rotatable bonds is 6. The van der Waals surface area contributed by atoms with Crippen molar-refractivity contribution in [1.82, 2.24) is 10.2 Å². The molecule has 1 heterocycles. The number of amides is 2. The minimum absolute atomic E-state index is 0.00183. The number of hydrogen-bond acceptors (Lipinski definition) is 2. The van der Waals surface area contributed by atoms with Crippen molar-refractivity contribution in [2.24, 2.45) is 5.92 Å². The second-order valence-electron chi connectivity index (χ2n) is 6.32. The van der Waals surface area contributed by atoms with Gasteiger partial charge in [0, 0.05) is 26.1 Å². The summed E-state index contributed by atoms with van der Waals surface area (Å²) >= 11 is 0. The van der Waals surface area contributed by atoms with E-state index in [1.54, 1.807) is 17.0 Å². The maximum atomic E-state index is 12.9. The first-order valence-electron chi connectivity index (χ1n) is 8.45. The predicted molar refractivity (Wildman–Crippen MR) is 93.1 cm³/mol. The molecule has 0 unspecified atom stereocenters. The van der Waals surface area contributed by atoms with Crippen molar-refractivity contribution in [2.45, 2.75) is 19.4 Å². The van der Waals surface area contributed by atoms with E-state index >= 15 is 0 Å². The Kier molecular flexibility index (Phi) is 5.43. The molecule has 0 aromatic heterocycles. The van der Waals surface area contributed by atoms with E-state index in [9.17, 15) is 14.0 Å². The summed E-state index contributed by atoms with van der Waals surface area (Å²) in [4.78, 5) is 26.1. The van der Waals surface area contributed by atoms with Crippen LogP contribution in [0.1, 0.15) is 17.5 Å². The molecule has 0 aliphatic carbocycles. The summed E-state index contributed by atoms with van der Waals surface area (Å²) in [6.07, 6.45) is 0.911. The van der Waals surface area contributed by atoms with E-state index < -0.39 is 0 Å². The third-order valence-corrected chi connectivity index (χ3v) is 4.48. The van der Waals surface area contributed by atoms with Gasteiger partial charge in [-0.05, 0) is 29.7 Å². The zero-order valence-electron chi connectivity index (χ0n) is 14.0. The number of carbonyl (C=O) groups is 2. The molecule has 1 saturated heterocycles. The largest absolute Gasteiger partial charge is 0.352 e. The lowest BCUT2D eigenvalue weighted by atomic mass is 10.1. The number of nitrogens with one attached hydrogen (secondary N) is 1. The lowest BCUT2D eigenvalue weighted by molar-refractivity contribution is -0.129. The maximum absolute atomic E-state index is 12.9. The van der Waals surface area contributed by atoms with Crippen molar-refractivity contribution in [3.63, 3.8) is 0 Å². The fourth-order valence-electron chi connectivity index (χ4n) is 3.01. The van der Waals surface area contributed by atoms with Gasteiger partial charge in [-0.25, -0.2) is 4.39 Å². The molecule has 1 fully saturated rings. The fraction of sp³-hybridized carbons (Fsp3) is 0.300. The van der Waals surface area contributed by atoms with Crippen LogP contribution in [-0.2, 0) is 22.6 Å². The van der Waals surface area contributed by atoms with Gasteiger partial charge in [-0.3, -0.25) is 9.59 Å². The highest BCUT2D eigenvalue weighted by Gasteiger charge is 2.33. The summed E-state index contributed by atoms with van der Waals surface area (Å²) in [6.45, 7) is 1.47. The molecule has 0 bridgehead atoms. The van der Waals surface area contributed by atoms with E-state index in [0.717, 1.165) is 11.1 Å². The predicted octanol–water partition coefficient (Wildman–Crippen LogP) is 2.53. The molecule has 4 nitrogen and oxygen atoms in total. The topological polar surface area (TPSA) is 49.4 Å². The first-order valence-corrected chi connectivity index (χ1v) is 8.45. The Morgan fingerprint density at radius 2 is 1.80 bits per heavy atom. The van der Waals surface area contributed by atoms with Crippen LogP contribution < -0.4 is 5.32 Å². The number of likely N-dealkylation sites (tertiary alicyclic amines) is 1. The van der Waals surface area contributed by atoms with E-state index in [1.807, 2.05) is 30.3 Å². The quantitative estimate of drug-likeness (QED) is 0.878. The fourth-order valence-corrected chi connectivity index (χ4v) is 3.01. The number of benzene rings is 2. The molecule has 0 spiro atoms. The van der Waals surface area contributed by atoms with Gasteiger partial charge in [0.05, 0.1) is 5.92 Å². The molecule has 2 aromatic carbocycles. The SMILES string of the molecule is O=C(NCc1ccccc1)[C@@H]1CC(=O)N(CCc2ccc(F)cc2)C1. The minimum Gasteiger partial charge on any atom is -0.352 e. The van der Waals surface area contributed by atoms with Gasteiger partial charge >= 0.3 is 0 Å². The highest BCUT2D eigenvalue weighted by atomic mass is 19.1. The van der Waals surface area contributed by atoms with Crippen molar-refractivity contribution >= 4 is 11.8 Å². The normalized spacial score (nSPS) is 16.9. The Labute approximate surface area is 146 Å². The van der Waals surface area contributed by atoms with Crippen LogP contribution >= 0.6 is 0 Å². The molecule has 1 aliphatic heterocycles. The minimum atomic E-state index is -0.301. The van der Waals surface area contributed by atoms with Crippen LogP contribution in [0.5, 0.6) is 0 Å². The monoisotopic (exact) mass is 340 g/mol. The summed E-state index contributed by atoms with van der Waals surface area (Å²) < 4.78 is 12.9. The Hall–Kier alpha value is -2.69. The van der Waals surface area contributed by atoms with Crippen LogP contribution in [0.25, 0.3) is 0 Å². The average molecular weight is 340 g/mol.